The summed E-state index contributed by atoms with van der Waals surface area (Å²) in [5, 5.41) is 15.3. The van der Waals surface area contributed by atoms with Gasteiger partial charge >= 0.3 is 18.6 Å². The Labute approximate surface area is 200 Å². The normalized spacial score (nSPS) is 12.0. The van der Waals surface area contributed by atoms with Gasteiger partial charge in [0.15, 0.2) is 0 Å². The number of ether oxygens (including phenoxy) is 1. The van der Waals surface area contributed by atoms with E-state index in [4.69, 9.17) is 5.26 Å². The second-order valence-corrected chi connectivity index (χ2v) is 7.26. The SMILES string of the molecule is N#Cc1ccc(C/C(=N/NC(=O)Nc2ccc(OC(F)(F)F)cc2)c2ccc(C(F)(F)F)cc2)cc1. The highest BCUT2D eigenvalue weighted by molar-refractivity contribution is 6.02. The van der Waals surface area contributed by atoms with Crippen LogP contribution in [0.25, 0.3) is 0 Å². The van der Waals surface area contributed by atoms with Gasteiger partial charge in [0.1, 0.15) is 5.75 Å². The number of rotatable bonds is 6. The Hall–Kier alpha value is -4.53. The van der Waals surface area contributed by atoms with E-state index in [0.29, 0.717) is 16.7 Å². The van der Waals surface area contributed by atoms with Crippen molar-refractivity contribution in [2.24, 2.45) is 5.10 Å². The predicted molar refractivity (Wildman–Crippen MR) is 118 cm³/mol. The van der Waals surface area contributed by atoms with Crippen molar-refractivity contribution >= 4 is 17.4 Å². The summed E-state index contributed by atoms with van der Waals surface area (Å²) >= 11 is 0. The first-order valence-corrected chi connectivity index (χ1v) is 10.1. The molecule has 12 heteroatoms. The molecule has 36 heavy (non-hydrogen) atoms. The fraction of sp³-hybridized carbons (Fsp3) is 0.125. The van der Waals surface area contributed by atoms with E-state index in [1.165, 1.54) is 24.3 Å². The molecule has 2 N–H and O–H groups in total. The largest absolute Gasteiger partial charge is 0.573 e. The number of benzene rings is 3. The van der Waals surface area contributed by atoms with Crippen LogP contribution in [0.3, 0.4) is 0 Å². The second kappa shape index (κ2) is 10.8. The summed E-state index contributed by atoms with van der Waals surface area (Å²) in [5.41, 5.74) is 3.12. The number of carbonyl (C=O) groups excluding carboxylic acids is 1. The molecule has 0 aliphatic carbocycles. The van der Waals surface area contributed by atoms with Crippen molar-refractivity contribution in [2.45, 2.75) is 19.0 Å². The topological polar surface area (TPSA) is 86.5 Å². The molecular weight excluding hydrogens is 490 g/mol. The van der Waals surface area contributed by atoms with E-state index in [-0.39, 0.29) is 17.8 Å². The first kappa shape index (κ1) is 26.1. The molecular formula is C24H16F6N4O2. The molecule has 3 aromatic carbocycles. The van der Waals surface area contributed by atoms with Crippen molar-refractivity contribution in [2.75, 3.05) is 5.32 Å². The van der Waals surface area contributed by atoms with E-state index in [1.54, 1.807) is 24.3 Å². The molecule has 0 aromatic heterocycles. The lowest BCUT2D eigenvalue weighted by atomic mass is 10.0. The molecule has 0 aliphatic heterocycles. The zero-order valence-corrected chi connectivity index (χ0v) is 18.1. The Morgan fingerprint density at radius 2 is 1.50 bits per heavy atom. The molecule has 186 valence electrons. The van der Waals surface area contributed by atoms with Gasteiger partial charge in [0.05, 0.1) is 22.9 Å². The number of urea groups is 1. The van der Waals surface area contributed by atoms with Crippen molar-refractivity contribution in [3.05, 3.63) is 95.1 Å². The van der Waals surface area contributed by atoms with Gasteiger partial charge in [0.2, 0.25) is 0 Å². The number of alkyl halides is 6. The van der Waals surface area contributed by atoms with Crippen LogP contribution >= 0.6 is 0 Å². The summed E-state index contributed by atoms with van der Waals surface area (Å²) < 4.78 is 79.3. The van der Waals surface area contributed by atoms with E-state index in [0.717, 1.165) is 24.3 Å². The minimum Gasteiger partial charge on any atom is -0.406 e. The first-order valence-electron chi connectivity index (χ1n) is 10.1. The van der Waals surface area contributed by atoms with Crippen LogP contribution < -0.4 is 15.5 Å². The molecule has 0 aliphatic rings. The van der Waals surface area contributed by atoms with E-state index in [2.05, 4.69) is 20.6 Å². The third-order valence-electron chi connectivity index (χ3n) is 4.64. The number of nitriles is 1. The molecule has 0 bridgehead atoms. The molecule has 0 heterocycles. The van der Waals surface area contributed by atoms with E-state index in [1.807, 2.05) is 6.07 Å². The van der Waals surface area contributed by atoms with Crippen LogP contribution in [-0.2, 0) is 12.6 Å². The van der Waals surface area contributed by atoms with Crippen molar-refractivity contribution in [3.63, 3.8) is 0 Å². The Morgan fingerprint density at radius 1 is 0.889 bits per heavy atom. The van der Waals surface area contributed by atoms with Crippen LogP contribution in [0, 0.1) is 11.3 Å². The zero-order valence-electron chi connectivity index (χ0n) is 18.1. The van der Waals surface area contributed by atoms with Crippen LogP contribution in [0.2, 0.25) is 0 Å². The standard InChI is InChI=1S/C24H16F6N4O2/c25-23(26,27)18-7-5-17(6-8-18)21(13-15-1-3-16(14-31)4-2-15)33-34-22(35)32-19-9-11-20(12-10-19)36-24(28,29)30/h1-12H,13H2,(H2,32,34,35)/b33-21-. The molecule has 0 spiro atoms. The molecule has 3 aromatic rings. The number of hydrogen-bond acceptors (Lipinski definition) is 4. The summed E-state index contributed by atoms with van der Waals surface area (Å²) in [6.07, 6.45) is -9.27. The number of hydrazone groups is 1. The molecule has 0 saturated carbocycles. The van der Waals surface area contributed by atoms with E-state index in [9.17, 15) is 31.1 Å². The summed E-state index contributed by atoms with van der Waals surface area (Å²) in [5.74, 6) is -0.474. The lowest BCUT2D eigenvalue weighted by Gasteiger charge is -2.12. The van der Waals surface area contributed by atoms with Gasteiger partial charge in [0.25, 0.3) is 0 Å². The van der Waals surface area contributed by atoms with Crippen LogP contribution in [0.1, 0.15) is 22.3 Å². The average Bonchev–Trinajstić information content (AvgIpc) is 2.82. The number of nitrogens with zero attached hydrogens (tertiary/aromatic N) is 2. The molecule has 2 amide bonds. The number of nitrogens with one attached hydrogen (secondary N) is 2. The number of halogens is 6. The molecule has 0 saturated heterocycles. The maximum atomic E-state index is 12.9. The Kier molecular flexibility index (Phi) is 7.83. The quantitative estimate of drug-likeness (QED) is 0.236. The third-order valence-corrected chi connectivity index (χ3v) is 4.64. The van der Waals surface area contributed by atoms with E-state index < -0.39 is 29.9 Å². The number of anilines is 1. The summed E-state index contributed by atoms with van der Waals surface area (Å²) in [6, 6.07) is 16.1. The maximum Gasteiger partial charge on any atom is 0.573 e. The predicted octanol–water partition coefficient (Wildman–Crippen LogP) is 6.24. The summed E-state index contributed by atoms with van der Waals surface area (Å²) in [4.78, 5) is 12.3. The van der Waals surface area contributed by atoms with Crippen LogP contribution in [0.15, 0.2) is 77.9 Å². The Balaban J connectivity index is 1.76. The fourth-order valence-electron chi connectivity index (χ4n) is 2.97. The van der Waals surface area contributed by atoms with Gasteiger partial charge in [-0.1, -0.05) is 24.3 Å². The Bertz CT molecular complexity index is 1260. The molecule has 0 fully saturated rings. The smallest absolute Gasteiger partial charge is 0.406 e. The molecule has 6 nitrogen and oxygen atoms in total. The minimum atomic E-state index is -4.86. The Morgan fingerprint density at radius 3 is 2.03 bits per heavy atom. The molecule has 0 atom stereocenters. The zero-order chi connectivity index (χ0) is 26.3. The number of carbonyl (C=O) groups is 1. The minimum absolute atomic E-state index is 0.112. The van der Waals surface area contributed by atoms with Gasteiger partial charge in [-0.25, -0.2) is 10.2 Å². The van der Waals surface area contributed by atoms with Crippen molar-refractivity contribution in [1.82, 2.24) is 5.43 Å². The first-order chi connectivity index (χ1) is 16.9. The summed E-state index contributed by atoms with van der Waals surface area (Å²) in [6.45, 7) is 0. The maximum absolute atomic E-state index is 12.9. The van der Waals surface area contributed by atoms with Gasteiger partial charge in [-0.05, 0) is 59.7 Å². The summed E-state index contributed by atoms with van der Waals surface area (Å²) in [7, 11) is 0. The number of amides is 2. The highest BCUT2D eigenvalue weighted by atomic mass is 19.4. The van der Waals surface area contributed by atoms with Crippen molar-refractivity contribution < 1.29 is 35.9 Å². The van der Waals surface area contributed by atoms with Gasteiger partial charge in [-0.3, -0.25) is 0 Å². The average molecular weight is 506 g/mol. The highest BCUT2D eigenvalue weighted by Crippen LogP contribution is 2.29. The van der Waals surface area contributed by atoms with Gasteiger partial charge in [-0.15, -0.1) is 13.2 Å². The van der Waals surface area contributed by atoms with Crippen LogP contribution in [0.5, 0.6) is 5.75 Å². The molecule has 0 unspecified atom stereocenters. The highest BCUT2D eigenvalue weighted by Gasteiger charge is 2.31. The van der Waals surface area contributed by atoms with Crippen LogP contribution in [-0.4, -0.2) is 18.1 Å². The van der Waals surface area contributed by atoms with Crippen LogP contribution in [0.4, 0.5) is 36.8 Å². The monoisotopic (exact) mass is 506 g/mol. The molecule has 0 radical (unpaired) electrons. The third kappa shape index (κ3) is 7.76. The van der Waals surface area contributed by atoms with Gasteiger partial charge < -0.3 is 10.1 Å². The second-order valence-electron chi connectivity index (χ2n) is 7.26. The van der Waals surface area contributed by atoms with Crippen molar-refractivity contribution in [3.8, 4) is 11.8 Å². The van der Waals surface area contributed by atoms with Gasteiger partial charge in [-0.2, -0.15) is 23.5 Å². The molecule has 3 rings (SSSR count). The van der Waals surface area contributed by atoms with Gasteiger partial charge in [0, 0.05) is 12.1 Å². The van der Waals surface area contributed by atoms with E-state index >= 15 is 0 Å². The lowest BCUT2D eigenvalue weighted by molar-refractivity contribution is -0.274. The van der Waals surface area contributed by atoms with Crippen molar-refractivity contribution in [1.29, 1.82) is 5.26 Å². The number of hydrogen-bond donors (Lipinski definition) is 2. The lowest BCUT2D eigenvalue weighted by Crippen LogP contribution is -2.26. The fourth-order valence-corrected chi connectivity index (χ4v) is 2.97.